The van der Waals surface area contributed by atoms with Crippen LogP contribution in [0.4, 0.5) is 0 Å². The monoisotopic (exact) mass is 765 g/mol. The Balaban J connectivity index is 1.18. The highest BCUT2D eigenvalue weighted by molar-refractivity contribution is 5.91. The molecular formula is C57H39N3. The Morgan fingerprint density at radius 2 is 0.450 bits per heavy atom. The summed E-state index contributed by atoms with van der Waals surface area (Å²) < 4.78 is 0. The van der Waals surface area contributed by atoms with Gasteiger partial charge in [0.25, 0.3) is 0 Å². The maximum Gasteiger partial charge on any atom is 0.164 e. The van der Waals surface area contributed by atoms with Gasteiger partial charge in [-0.15, -0.1) is 0 Å². The van der Waals surface area contributed by atoms with Crippen LogP contribution in [0.5, 0.6) is 0 Å². The molecule has 60 heavy (non-hydrogen) atoms. The summed E-state index contributed by atoms with van der Waals surface area (Å²) in [6.07, 6.45) is 0. The predicted octanol–water partition coefficient (Wildman–Crippen LogP) is 14.9. The normalized spacial score (nSPS) is 11.0. The topological polar surface area (TPSA) is 38.7 Å². The quantitative estimate of drug-likeness (QED) is 0.147. The van der Waals surface area contributed by atoms with Crippen molar-refractivity contribution in [1.82, 2.24) is 15.0 Å². The number of hydrogen-bond acceptors (Lipinski definition) is 3. The van der Waals surface area contributed by atoms with Gasteiger partial charge in [-0.1, -0.05) is 194 Å². The van der Waals surface area contributed by atoms with E-state index in [2.05, 4.69) is 176 Å². The molecule has 0 N–H and O–H groups in total. The Labute approximate surface area is 351 Å². The minimum atomic E-state index is 0.622. The fraction of sp³-hybridized carbons (Fsp3) is 0. The summed E-state index contributed by atoms with van der Waals surface area (Å²) in [6, 6.07) is 83.4. The molecule has 0 radical (unpaired) electrons. The second kappa shape index (κ2) is 16.5. The average Bonchev–Trinajstić information content (AvgIpc) is 3.35. The lowest BCUT2D eigenvalue weighted by atomic mass is 9.87. The van der Waals surface area contributed by atoms with Crippen LogP contribution < -0.4 is 0 Å². The minimum absolute atomic E-state index is 0.622. The van der Waals surface area contributed by atoms with Gasteiger partial charge in [-0.05, 0) is 109 Å². The van der Waals surface area contributed by atoms with Gasteiger partial charge in [0.2, 0.25) is 0 Å². The molecule has 0 fully saturated rings. The van der Waals surface area contributed by atoms with Gasteiger partial charge in [0.05, 0.1) is 0 Å². The largest absolute Gasteiger partial charge is 0.208 e. The van der Waals surface area contributed by atoms with Crippen molar-refractivity contribution < 1.29 is 0 Å². The van der Waals surface area contributed by atoms with Gasteiger partial charge in [0.15, 0.2) is 17.5 Å². The number of rotatable bonds is 9. The van der Waals surface area contributed by atoms with E-state index in [-0.39, 0.29) is 0 Å². The second-order valence-electron chi connectivity index (χ2n) is 14.9. The van der Waals surface area contributed by atoms with Crippen LogP contribution in [-0.4, -0.2) is 15.0 Å². The van der Waals surface area contributed by atoms with Crippen LogP contribution in [0, 0.1) is 0 Å². The first-order valence-electron chi connectivity index (χ1n) is 20.3. The molecule has 9 aromatic carbocycles. The zero-order chi connectivity index (χ0) is 40.1. The molecule has 0 saturated carbocycles. The van der Waals surface area contributed by atoms with Gasteiger partial charge in [-0.3, -0.25) is 0 Å². The van der Waals surface area contributed by atoms with Crippen molar-refractivity contribution in [2.24, 2.45) is 0 Å². The fourth-order valence-electron chi connectivity index (χ4n) is 7.87. The van der Waals surface area contributed by atoms with Crippen LogP contribution in [0.15, 0.2) is 237 Å². The summed E-state index contributed by atoms with van der Waals surface area (Å²) in [7, 11) is 0. The fourth-order valence-corrected chi connectivity index (χ4v) is 7.87. The molecule has 0 aliphatic carbocycles. The average molecular weight is 766 g/mol. The van der Waals surface area contributed by atoms with Crippen molar-refractivity contribution in [3.63, 3.8) is 0 Å². The van der Waals surface area contributed by atoms with E-state index in [1.54, 1.807) is 0 Å². The highest BCUT2D eigenvalue weighted by Gasteiger charge is 2.17. The maximum atomic E-state index is 5.09. The van der Waals surface area contributed by atoms with Crippen LogP contribution in [0.1, 0.15) is 0 Å². The smallest absolute Gasteiger partial charge is 0.164 e. The van der Waals surface area contributed by atoms with E-state index in [9.17, 15) is 0 Å². The summed E-state index contributed by atoms with van der Waals surface area (Å²) >= 11 is 0. The predicted molar refractivity (Wildman–Crippen MR) is 249 cm³/mol. The summed E-state index contributed by atoms with van der Waals surface area (Å²) in [6.45, 7) is 0. The standard InChI is InChI=1S/C57H39N3/c1-7-19-40(20-8-1)47-33-48(41-21-9-2-10-22-41)35-50(34-47)51-36-49(42-23-11-3-12-24-42)37-52(38-51)53-32-31-46(39-54(53)43-25-13-4-14-26-43)57-59-55(44-27-15-5-16-28-44)58-56(60-57)45-29-17-6-18-30-45/h1-39H. The number of hydrogen-bond donors (Lipinski definition) is 0. The molecule has 0 bridgehead atoms. The molecule has 0 atom stereocenters. The van der Waals surface area contributed by atoms with E-state index in [1.807, 2.05) is 60.7 Å². The Morgan fingerprint density at radius 1 is 0.167 bits per heavy atom. The third-order valence-corrected chi connectivity index (χ3v) is 10.9. The van der Waals surface area contributed by atoms with E-state index in [0.717, 1.165) is 61.2 Å². The third kappa shape index (κ3) is 7.68. The van der Waals surface area contributed by atoms with Crippen LogP contribution in [0.3, 0.4) is 0 Å². The molecule has 0 saturated heterocycles. The summed E-state index contributed by atoms with van der Waals surface area (Å²) in [5, 5.41) is 0. The molecule has 0 aliphatic heterocycles. The molecule has 1 aromatic heterocycles. The van der Waals surface area contributed by atoms with E-state index >= 15 is 0 Å². The van der Waals surface area contributed by atoms with Crippen molar-refractivity contribution in [3.8, 4) is 101 Å². The first kappa shape index (κ1) is 36.3. The third-order valence-electron chi connectivity index (χ3n) is 10.9. The molecule has 1 heterocycles. The van der Waals surface area contributed by atoms with Crippen LogP contribution in [0.2, 0.25) is 0 Å². The van der Waals surface area contributed by atoms with E-state index in [4.69, 9.17) is 15.0 Å². The van der Waals surface area contributed by atoms with Gasteiger partial charge in [0, 0.05) is 16.7 Å². The van der Waals surface area contributed by atoms with Crippen LogP contribution in [0.25, 0.3) is 101 Å². The van der Waals surface area contributed by atoms with Crippen molar-refractivity contribution in [1.29, 1.82) is 0 Å². The maximum absolute atomic E-state index is 5.09. The summed E-state index contributed by atoms with van der Waals surface area (Å²) in [5.41, 5.74) is 16.6. The molecule has 10 rings (SSSR count). The number of nitrogens with zero attached hydrogens (tertiary/aromatic N) is 3. The zero-order valence-corrected chi connectivity index (χ0v) is 32.9. The number of benzene rings is 9. The molecular weight excluding hydrogens is 727 g/mol. The Morgan fingerprint density at radius 3 is 0.817 bits per heavy atom. The lowest BCUT2D eigenvalue weighted by Gasteiger charge is -2.17. The van der Waals surface area contributed by atoms with Crippen molar-refractivity contribution in [2.45, 2.75) is 0 Å². The Bertz CT molecular complexity index is 2930. The van der Waals surface area contributed by atoms with Gasteiger partial charge in [-0.25, -0.2) is 15.0 Å². The highest BCUT2D eigenvalue weighted by Crippen LogP contribution is 2.41. The SMILES string of the molecule is c1ccc(-c2cc(-c3ccccc3)cc(-c3cc(-c4ccccc4)cc(-c4ccc(-c5nc(-c6ccccc6)nc(-c6ccccc6)n5)cc4-c4ccccc4)c3)c2)cc1. The van der Waals surface area contributed by atoms with Gasteiger partial charge in [-0.2, -0.15) is 0 Å². The second-order valence-corrected chi connectivity index (χ2v) is 14.9. The molecule has 3 heteroatoms. The van der Waals surface area contributed by atoms with Crippen LogP contribution >= 0.6 is 0 Å². The molecule has 0 spiro atoms. The highest BCUT2D eigenvalue weighted by atomic mass is 15.0. The first-order valence-corrected chi connectivity index (χ1v) is 20.3. The van der Waals surface area contributed by atoms with Crippen LogP contribution in [-0.2, 0) is 0 Å². The minimum Gasteiger partial charge on any atom is -0.208 e. The van der Waals surface area contributed by atoms with Gasteiger partial charge < -0.3 is 0 Å². The van der Waals surface area contributed by atoms with Crippen molar-refractivity contribution in [3.05, 3.63) is 237 Å². The molecule has 10 aromatic rings. The molecule has 282 valence electrons. The van der Waals surface area contributed by atoms with Crippen molar-refractivity contribution >= 4 is 0 Å². The summed E-state index contributed by atoms with van der Waals surface area (Å²) in [5.74, 6) is 1.89. The molecule has 0 unspecified atom stereocenters. The number of aromatic nitrogens is 3. The molecule has 0 aliphatic rings. The van der Waals surface area contributed by atoms with Gasteiger partial charge in [0.1, 0.15) is 0 Å². The summed E-state index contributed by atoms with van der Waals surface area (Å²) in [4.78, 5) is 15.1. The van der Waals surface area contributed by atoms with Crippen molar-refractivity contribution in [2.75, 3.05) is 0 Å². The lowest BCUT2D eigenvalue weighted by molar-refractivity contribution is 1.07. The van der Waals surface area contributed by atoms with E-state index < -0.39 is 0 Å². The Hall–Kier alpha value is -8.01. The van der Waals surface area contributed by atoms with E-state index in [0.29, 0.717) is 17.5 Å². The lowest BCUT2D eigenvalue weighted by Crippen LogP contribution is -2.00. The van der Waals surface area contributed by atoms with Gasteiger partial charge >= 0.3 is 0 Å². The zero-order valence-electron chi connectivity index (χ0n) is 32.9. The Kier molecular flexibility index (Phi) is 9.97. The first-order chi connectivity index (χ1) is 29.7. The molecule has 0 amide bonds. The molecule has 3 nitrogen and oxygen atoms in total. The van der Waals surface area contributed by atoms with E-state index in [1.165, 1.54) is 22.3 Å².